The Hall–Kier alpha value is -2.39. The first-order valence-electron chi connectivity index (χ1n) is 9.90. The van der Waals surface area contributed by atoms with E-state index in [1.165, 1.54) is 0 Å². The van der Waals surface area contributed by atoms with Crippen molar-refractivity contribution in [3.63, 3.8) is 0 Å². The molecule has 0 atom stereocenters. The molecule has 0 aliphatic rings. The van der Waals surface area contributed by atoms with Crippen molar-refractivity contribution in [3.05, 3.63) is 35.3 Å². The van der Waals surface area contributed by atoms with Crippen molar-refractivity contribution >= 4 is 18.3 Å². The number of diazo groups is 1. The van der Waals surface area contributed by atoms with Crippen molar-refractivity contribution in [3.8, 4) is 28.4 Å². The summed E-state index contributed by atoms with van der Waals surface area (Å²) in [5.74, 6) is 1.89. The van der Waals surface area contributed by atoms with Crippen molar-refractivity contribution in [1.82, 2.24) is 0 Å². The summed E-state index contributed by atoms with van der Waals surface area (Å²) in [4.78, 5) is 4.00. The molecule has 0 amide bonds. The molecule has 0 fully saturated rings. The van der Waals surface area contributed by atoms with Gasteiger partial charge in [-0.2, -0.15) is 0 Å². The third-order valence-electron chi connectivity index (χ3n) is 4.26. The Balaban J connectivity index is 2.51. The number of hydrogen-bond acceptors (Lipinski definition) is 5. The zero-order chi connectivity index (χ0) is 20.4. The SMILES string of the molecule is CCCCOc1cc([N+]#N)c(OCCCC)c(S)c1-c1ccc(OCC)cc1. The molecule has 5 nitrogen and oxygen atoms in total. The number of thiol groups is 1. The second-order valence-electron chi connectivity index (χ2n) is 6.41. The summed E-state index contributed by atoms with van der Waals surface area (Å²) in [5, 5.41) is 9.49. The van der Waals surface area contributed by atoms with E-state index >= 15 is 0 Å². The maximum Gasteiger partial charge on any atom is 0.431 e. The molecule has 0 spiro atoms. The van der Waals surface area contributed by atoms with Gasteiger partial charge in [0.2, 0.25) is 11.1 Å². The maximum absolute atomic E-state index is 9.49. The van der Waals surface area contributed by atoms with Crippen molar-refractivity contribution in [2.45, 2.75) is 51.3 Å². The summed E-state index contributed by atoms with van der Waals surface area (Å²) in [6.07, 6.45) is 3.88. The van der Waals surface area contributed by atoms with Gasteiger partial charge in [0.05, 0.1) is 30.8 Å². The standard InChI is InChI=1S/C22H28N2O3S/c1-4-7-13-26-19-15-18(24-23)21(27-14-8-5-2)22(28)20(19)16-9-11-17(12-10-16)25-6-3/h9-12,15H,4-8,13-14H2,1-3H3/p+1. The Bertz CT molecular complexity index is 801. The molecule has 2 aromatic rings. The summed E-state index contributed by atoms with van der Waals surface area (Å²) < 4.78 is 17.4. The van der Waals surface area contributed by atoms with Crippen LogP contribution in [0.2, 0.25) is 0 Å². The molecule has 28 heavy (non-hydrogen) atoms. The lowest BCUT2D eigenvalue weighted by molar-refractivity contribution is 0.298. The van der Waals surface area contributed by atoms with E-state index < -0.39 is 0 Å². The van der Waals surface area contributed by atoms with Gasteiger partial charge in [-0.1, -0.05) is 38.8 Å². The van der Waals surface area contributed by atoms with Gasteiger partial charge in [-0.3, -0.25) is 0 Å². The van der Waals surface area contributed by atoms with Gasteiger partial charge < -0.3 is 14.2 Å². The number of nitrogens with zero attached hydrogens (tertiary/aromatic N) is 2. The minimum atomic E-state index is 0.322. The summed E-state index contributed by atoms with van der Waals surface area (Å²) >= 11 is 4.72. The summed E-state index contributed by atoms with van der Waals surface area (Å²) in [7, 11) is 0. The first-order chi connectivity index (χ1) is 13.7. The average molecular weight is 402 g/mol. The molecule has 0 saturated carbocycles. The highest BCUT2D eigenvalue weighted by molar-refractivity contribution is 7.80. The van der Waals surface area contributed by atoms with E-state index in [2.05, 4.69) is 18.8 Å². The van der Waals surface area contributed by atoms with Crippen molar-refractivity contribution < 1.29 is 14.2 Å². The second kappa shape index (κ2) is 11.5. The molecule has 0 aromatic heterocycles. The zero-order valence-electron chi connectivity index (χ0n) is 16.9. The Morgan fingerprint density at radius 3 is 2.14 bits per heavy atom. The molecule has 0 heterocycles. The van der Waals surface area contributed by atoms with Crippen LogP contribution in [0.15, 0.2) is 35.2 Å². The number of unbranched alkanes of at least 4 members (excludes halogenated alkanes) is 2. The summed E-state index contributed by atoms with van der Waals surface area (Å²) in [5.41, 5.74) is 2.08. The van der Waals surface area contributed by atoms with Gasteiger partial charge in [-0.15, -0.1) is 12.6 Å². The van der Waals surface area contributed by atoms with Crippen LogP contribution in [0.4, 0.5) is 5.69 Å². The fourth-order valence-electron chi connectivity index (χ4n) is 2.75. The first kappa shape index (κ1) is 21.9. The number of ether oxygens (including phenoxy) is 3. The Kier molecular flexibility index (Phi) is 8.96. The maximum atomic E-state index is 9.49. The van der Waals surface area contributed by atoms with Crippen molar-refractivity contribution in [2.24, 2.45) is 0 Å². The monoisotopic (exact) mass is 401 g/mol. The zero-order valence-corrected chi connectivity index (χ0v) is 17.8. The molecule has 0 aliphatic heterocycles. The van der Waals surface area contributed by atoms with E-state index in [4.69, 9.17) is 26.8 Å². The fraction of sp³-hybridized carbons (Fsp3) is 0.455. The van der Waals surface area contributed by atoms with E-state index in [0.29, 0.717) is 41.9 Å². The van der Waals surface area contributed by atoms with Gasteiger partial charge in [0.25, 0.3) is 0 Å². The normalized spacial score (nSPS) is 10.4. The first-order valence-corrected chi connectivity index (χ1v) is 10.3. The van der Waals surface area contributed by atoms with Crippen LogP contribution >= 0.6 is 12.6 Å². The summed E-state index contributed by atoms with van der Waals surface area (Å²) in [6.45, 7) is 7.89. The molecule has 0 aliphatic carbocycles. The van der Waals surface area contributed by atoms with Crippen LogP contribution in [0.3, 0.4) is 0 Å². The van der Waals surface area contributed by atoms with E-state index in [1.807, 2.05) is 31.2 Å². The van der Waals surface area contributed by atoms with Crippen LogP contribution in [0.25, 0.3) is 16.1 Å². The van der Waals surface area contributed by atoms with Crippen LogP contribution in [-0.4, -0.2) is 19.8 Å². The molecule has 2 rings (SSSR count). The Morgan fingerprint density at radius 1 is 0.929 bits per heavy atom. The Labute approximate surface area is 173 Å². The van der Waals surface area contributed by atoms with E-state index in [1.54, 1.807) is 6.07 Å². The van der Waals surface area contributed by atoms with Gasteiger partial charge in [-0.25, -0.2) is 0 Å². The van der Waals surface area contributed by atoms with Crippen LogP contribution in [0.5, 0.6) is 17.2 Å². The smallest absolute Gasteiger partial charge is 0.431 e. The predicted molar refractivity (Wildman–Crippen MR) is 116 cm³/mol. The van der Waals surface area contributed by atoms with Crippen molar-refractivity contribution in [2.75, 3.05) is 19.8 Å². The topological polar surface area (TPSA) is 55.8 Å². The molecule has 0 unspecified atom stereocenters. The molecule has 2 aromatic carbocycles. The van der Waals surface area contributed by atoms with Crippen LogP contribution in [0.1, 0.15) is 46.5 Å². The largest absolute Gasteiger partial charge is 0.494 e. The van der Waals surface area contributed by atoms with E-state index in [-0.39, 0.29) is 0 Å². The minimum Gasteiger partial charge on any atom is -0.494 e. The highest BCUT2D eigenvalue weighted by Gasteiger charge is 2.27. The molecule has 6 heteroatoms. The quantitative estimate of drug-likeness (QED) is 0.253. The molecular formula is C22H29N2O3S+. The van der Waals surface area contributed by atoms with E-state index in [9.17, 15) is 5.39 Å². The Morgan fingerprint density at radius 2 is 1.57 bits per heavy atom. The molecule has 0 N–H and O–H groups in total. The highest BCUT2D eigenvalue weighted by Crippen LogP contribution is 2.47. The minimum absolute atomic E-state index is 0.322. The average Bonchev–Trinajstić information content (AvgIpc) is 2.71. The molecule has 0 saturated heterocycles. The van der Waals surface area contributed by atoms with Crippen LogP contribution in [0, 0.1) is 5.39 Å². The van der Waals surface area contributed by atoms with Gasteiger partial charge in [0, 0.05) is 5.56 Å². The highest BCUT2D eigenvalue weighted by atomic mass is 32.1. The molecule has 0 bridgehead atoms. The van der Waals surface area contributed by atoms with Crippen molar-refractivity contribution in [1.29, 1.82) is 5.39 Å². The predicted octanol–water partition coefficient (Wildman–Crippen LogP) is 6.88. The second-order valence-corrected chi connectivity index (χ2v) is 6.86. The van der Waals surface area contributed by atoms with Gasteiger partial charge in [-0.05, 0) is 37.5 Å². The van der Waals surface area contributed by atoms with E-state index in [0.717, 1.165) is 42.6 Å². The lowest BCUT2D eigenvalue weighted by atomic mass is 10.0. The third kappa shape index (κ3) is 5.56. The summed E-state index contributed by atoms with van der Waals surface area (Å²) in [6, 6.07) is 9.49. The van der Waals surface area contributed by atoms with Gasteiger partial charge >= 0.3 is 5.69 Å². The molecular weight excluding hydrogens is 372 g/mol. The lowest BCUT2D eigenvalue weighted by Gasteiger charge is -2.16. The van der Waals surface area contributed by atoms with Crippen LogP contribution in [-0.2, 0) is 0 Å². The number of hydrogen-bond donors (Lipinski definition) is 1. The van der Waals surface area contributed by atoms with Gasteiger partial charge in [0.15, 0.2) is 4.98 Å². The van der Waals surface area contributed by atoms with Gasteiger partial charge in [0.1, 0.15) is 11.5 Å². The fourth-order valence-corrected chi connectivity index (χ4v) is 3.17. The number of benzene rings is 2. The number of rotatable bonds is 11. The lowest BCUT2D eigenvalue weighted by Crippen LogP contribution is -2.02. The molecule has 0 radical (unpaired) electrons. The third-order valence-corrected chi connectivity index (χ3v) is 4.69. The van der Waals surface area contributed by atoms with Crippen LogP contribution < -0.4 is 14.2 Å². The molecule has 150 valence electrons.